The molecule has 4 nitrogen and oxygen atoms in total. The van der Waals surface area contributed by atoms with Crippen molar-refractivity contribution < 1.29 is 9.59 Å². The van der Waals surface area contributed by atoms with E-state index in [1.54, 1.807) is 24.3 Å². The molecule has 0 fully saturated rings. The third-order valence-corrected chi connectivity index (χ3v) is 4.93. The van der Waals surface area contributed by atoms with Crippen LogP contribution in [0, 0.1) is 0 Å². The molecule has 0 saturated carbocycles. The summed E-state index contributed by atoms with van der Waals surface area (Å²) < 4.78 is 0. The predicted molar refractivity (Wildman–Crippen MR) is 104 cm³/mol. The largest absolute Gasteiger partial charge is 0.349 e. The van der Waals surface area contributed by atoms with Gasteiger partial charge in [-0.3, -0.25) is 9.59 Å². The number of hydrogen-bond donors (Lipinski definition) is 2. The number of halogens is 2. The van der Waals surface area contributed by atoms with Crippen LogP contribution in [0.1, 0.15) is 25.5 Å². The summed E-state index contributed by atoms with van der Waals surface area (Å²) in [4.78, 5) is 24.1. The van der Waals surface area contributed by atoms with E-state index < -0.39 is 0 Å². The molecule has 0 heterocycles. The normalized spacial score (nSPS) is 11.7. The van der Waals surface area contributed by atoms with Gasteiger partial charge in [-0.2, -0.15) is 0 Å². The number of rotatable bonds is 6. The summed E-state index contributed by atoms with van der Waals surface area (Å²) in [5.74, 6) is 0.0822. The first-order valence-corrected chi connectivity index (χ1v) is 9.34. The number of amides is 2. The summed E-state index contributed by atoms with van der Waals surface area (Å²) in [5, 5.41) is 6.71. The van der Waals surface area contributed by atoms with Crippen LogP contribution in [0.3, 0.4) is 0 Å². The molecular weight excluding hydrogens is 379 g/mol. The van der Waals surface area contributed by atoms with Gasteiger partial charge >= 0.3 is 0 Å². The Labute approximate surface area is 161 Å². The Hall–Kier alpha value is -1.69. The van der Waals surface area contributed by atoms with Crippen molar-refractivity contribution in [3.05, 3.63) is 58.1 Å². The lowest BCUT2D eigenvalue weighted by Gasteiger charge is -2.16. The summed E-state index contributed by atoms with van der Waals surface area (Å²) in [6.45, 7) is 3.33. The SMILES string of the molecule is CC(=O)Nc1ccc(SCC(=O)N[C@@H](C)c2ccc(Cl)cc2Cl)cc1. The molecule has 0 saturated heterocycles. The molecule has 2 aromatic carbocycles. The molecule has 0 unspecified atom stereocenters. The number of nitrogens with one attached hydrogen (secondary N) is 2. The van der Waals surface area contributed by atoms with Crippen molar-refractivity contribution in [1.29, 1.82) is 0 Å². The van der Waals surface area contributed by atoms with Crippen LogP contribution in [0.4, 0.5) is 5.69 Å². The minimum absolute atomic E-state index is 0.0885. The van der Waals surface area contributed by atoms with Gasteiger partial charge in [-0.15, -0.1) is 11.8 Å². The average molecular weight is 397 g/mol. The number of hydrogen-bond acceptors (Lipinski definition) is 3. The molecule has 132 valence electrons. The van der Waals surface area contributed by atoms with E-state index in [4.69, 9.17) is 23.2 Å². The minimum atomic E-state index is -0.208. The van der Waals surface area contributed by atoms with Gasteiger partial charge in [0.2, 0.25) is 11.8 Å². The number of anilines is 1. The van der Waals surface area contributed by atoms with Crippen LogP contribution in [0.2, 0.25) is 10.0 Å². The molecule has 0 bridgehead atoms. The van der Waals surface area contributed by atoms with Crippen molar-refractivity contribution >= 4 is 52.5 Å². The fourth-order valence-electron chi connectivity index (χ4n) is 2.20. The number of thioether (sulfide) groups is 1. The Balaban J connectivity index is 1.86. The highest BCUT2D eigenvalue weighted by Crippen LogP contribution is 2.26. The van der Waals surface area contributed by atoms with Crippen molar-refractivity contribution in [2.45, 2.75) is 24.8 Å². The van der Waals surface area contributed by atoms with Gasteiger partial charge < -0.3 is 10.6 Å². The number of carbonyl (C=O) groups is 2. The highest BCUT2D eigenvalue weighted by Gasteiger charge is 2.13. The number of benzene rings is 2. The van der Waals surface area contributed by atoms with Gasteiger partial charge in [0, 0.05) is 27.6 Å². The van der Waals surface area contributed by atoms with E-state index in [0.29, 0.717) is 10.0 Å². The van der Waals surface area contributed by atoms with Gasteiger partial charge in [0.05, 0.1) is 11.8 Å². The Morgan fingerprint density at radius 1 is 1.12 bits per heavy atom. The van der Waals surface area contributed by atoms with E-state index >= 15 is 0 Å². The molecule has 2 N–H and O–H groups in total. The Morgan fingerprint density at radius 3 is 2.40 bits per heavy atom. The predicted octanol–water partition coefficient (Wildman–Crippen LogP) is 4.92. The molecule has 0 aliphatic rings. The summed E-state index contributed by atoms with van der Waals surface area (Å²) in [7, 11) is 0. The van der Waals surface area contributed by atoms with Crippen molar-refractivity contribution in [2.24, 2.45) is 0 Å². The first kappa shape index (κ1) is 19.6. The fourth-order valence-corrected chi connectivity index (χ4v) is 3.48. The lowest BCUT2D eigenvalue weighted by Crippen LogP contribution is -2.28. The van der Waals surface area contributed by atoms with Gasteiger partial charge in [-0.05, 0) is 48.9 Å². The van der Waals surface area contributed by atoms with E-state index in [0.717, 1.165) is 16.1 Å². The zero-order chi connectivity index (χ0) is 18.4. The standard InChI is InChI=1S/C18H18Cl2N2O2S/c1-11(16-8-3-13(19)9-17(16)20)21-18(24)10-25-15-6-4-14(5-7-15)22-12(2)23/h3-9,11H,10H2,1-2H3,(H,21,24)(H,22,23)/t11-/m0/s1. The molecule has 0 aliphatic heterocycles. The van der Waals surface area contributed by atoms with Gasteiger partial charge in [0.25, 0.3) is 0 Å². The molecular formula is C18H18Cl2N2O2S. The molecule has 0 aromatic heterocycles. The van der Waals surface area contributed by atoms with Crippen LogP contribution in [-0.2, 0) is 9.59 Å². The van der Waals surface area contributed by atoms with Gasteiger partial charge in [-0.1, -0.05) is 29.3 Å². The summed E-state index contributed by atoms with van der Waals surface area (Å²) in [6.07, 6.45) is 0. The van der Waals surface area contributed by atoms with Crippen LogP contribution >= 0.6 is 35.0 Å². The van der Waals surface area contributed by atoms with Crippen molar-refractivity contribution in [1.82, 2.24) is 5.32 Å². The van der Waals surface area contributed by atoms with Crippen molar-refractivity contribution in [2.75, 3.05) is 11.1 Å². The summed E-state index contributed by atoms with van der Waals surface area (Å²) in [6, 6.07) is 12.3. The third kappa shape index (κ3) is 6.27. The van der Waals surface area contributed by atoms with Gasteiger partial charge in [0.1, 0.15) is 0 Å². The maximum atomic E-state index is 12.1. The lowest BCUT2D eigenvalue weighted by atomic mass is 10.1. The Bertz CT molecular complexity index is 766. The highest BCUT2D eigenvalue weighted by molar-refractivity contribution is 8.00. The average Bonchev–Trinajstić information content (AvgIpc) is 2.53. The molecule has 0 spiro atoms. The second-order valence-electron chi connectivity index (χ2n) is 5.45. The first-order valence-electron chi connectivity index (χ1n) is 7.60. The van der Waals surface area contributed by atoms with E-state index in [1.807, 2.05) is 25.1 Å². The molecule has 2 aromatic rings. The zero-order valence-electron chi connectivity index (χ0n) is 13.8. The van der Waals surface area contributed by atoms with Crippen molar-refractivity contribution in [3.63, 3.8) is 0 Å². The van der Waals surface area contributed by atoms with Crippen LogP contribution in [0.15, 0.2) is 47.4 Å². The monoisotopic (exact) mass is 396 g/mol. The topological polar surface area (TPSA) is 58.2 Å². The van der Waals surface area contributed by atoms with Crippen LogP contribution in [0.25, 0.3) is 0 Å². The van der Waals surface area contributed by atoms with E-state index in [2.05, 4.69) is 10.6 Å². The quantitative estimate of drug-likeness (QED) is 0.681. The smallest absolute Gasteiger partial charge is 0.230 e. The van der Waals surface area contributed by atoms with E-state index in [9.17, 15) is 9.59 Å². The molecule has 1 atom stereocenters. The molecule has 25 heavy (non-hydrogen) atoms. The van der Waals surface area contributed by atoms with Gasteiger partial charge in [0.15, 0.2) is 0 Å². The van der Waals surface area contributed by atoms with E-state index in [-0.39, 0.29) is 23.6 Å². The Kier molecular flexibility index (Phi) is 7.17. The summed E-state index contributed by atoms with van der Waals surface area (Å²) >= 11 is 13.5. The van der Waals surface area contributed by atoms with Crippen LogP contribution < -0.4 is 10.6 Å². The molecule has 0 radical (unpaired) electrons. The lowest BCUT2D eigenvalue weighted by molar-refractivity contribution is -0.119. The molecule has 0 aliphatic carbocycles. The molecule has 2 amide bonds. The maximum absolute atomic E-state index is 12.1. The fraction of sp³-hybridized carbons (Fsp3) is 0.222. The molecule has 2 rings (SSSR count). The second kappa shape index (κ2) is 9.13. The number of carbonyl (C=O) groups excluding carboxylic acids is 2. The zero-order valence-corrected chi connectivity index (χ0v) is 16.1. The third-order valence-electron chi connectivity index (χ3n) is 3.35. The van der Waals surface area contributed by atoms with Crippen LogP contribution in [0.5, 0.6) is 0 Å². The van der Waals surface area contributed by atoms with Crippen molar-refractivity contribution in [3.8, 4) is 0 Å². The van der Waals surface area contributed by atoms with Gasteiger partial charge in [-0.25, -0.2) is 0 Å². The Morgan fingerprint density at radius 2 is 1.80 bits per heavy atom. The summed E-state index contributed by atoms with van der Waals surface area (Å²) in [5.41, 5.74) is 1.55. The van der Waals surface area contributed by atoms with E-state index in [1.165, 1.54) is 18.7 Å². The second-order valence-corrected chi connectivity index (χ2v) is 7.34. The first-order chi connectivity index (χ1) is 11.8. The molecule has 7 heteroatoms. The maximum Gasteiger partial charge on any atom is 0.230 e. The van der Waals surface area contributed by atoms with Crippen LogP contribution in [-0.4, -0.2) is 17.6 Å². The minimum Gasteiger partial charge on any atom is -0.349 e. The highest BCUT2D eigenvalue weighted by atomic mass is 35.5.